The number of nitrogens with zero attached hydrogens (tertiary/aromatic N) is 2. The molecule has 3 atom stereocenters. The van der Waals surface area contributed by atoms with E-state index in [4.69, 9.17) is 0 Å². The van der Waals surface area contributed by atoms with Crippen LogP contribution in [-0.4, -0.2) is 60.4 Å². The number of carbonyl (C=O) groups is 2. The maximum absolute atomic E-state index is 12.0. The van der Waals surface area contributed by atoms with Crippen LogP contribution in [0.1, 0.15) is 19.3 Å². The second-order valence-electron chi connectivity index (χ2n) is 5.43. The quantitative estimate of drug-likeness (QED) is 0.620. The normalized spacial score (nSPS) is 38.9. The summed E-state index contributed by atoms with van der Waals surface area (Å²) in [5.41, 5.74) is 0. The molecule has 3 heterocycles. The van der Waals surface area contributed by atoms with Crippen molar-refractivity contribution in [3.63, 3.8) is 0 Å². The van der Waals surface area contributed by atoms with E-state index in [1.54, 1.807) is 7.05 Å². The van der Waals surface area contributed by atoms with Crippen molar-refractivity contribution in [1.82, 2.24) is 15.1 Å². The fraction of sp³-hybridized carbons (Fsp3) is 0.833. The number of likely N-dealkylation sites (N-methyl/N-ethyl adjacent to an activating group) is 1. The highest BCUT2D eigenvalue weighted by atomic mass is 16.2. The van der Waals surface area contributed by atoms with Gasteiger partial charge in [0.05, 0.1) is 12.5 Å². The fourth-order valence-electron chi connectivity index (χ4n) is 3.36. The molecule has 5 nitrogen and oxygen atoms in total. The fourth-order valence-corrected chi connectivity index (χ4v) is 3.36. The average molecular weight is 237 g/mol. The molecule has 3 aliphatic heterocycles. The lowest BCUT2D eigenvalue weighted by Crippen LogP contribution is -2.42. The zero-order valence-corrected chi connectivity index (χ0v) is 10.2. The number of nitrogens with one attached hydrogen (secondary N) is 1. The molecule has 3 rings (SSSR count). The van der Waals surface area contributed by atoms with Gasteiger partial charge in [0.15, 0.2) is 0 Å². The molecule has 0 spiro atoms. The Morgan fingerprint density at radius 3 is 2.76 bits per heavy atom. The lowest BCUT2D eigenvalue weighted by molar-refractivity contribution is -0.137. The molecular formula is C12H19N3O2. The SMILES string of the molecule is CN1C(=O)CC(N2CC3CCCNC3C2)C1=O. The Kier molecular flexibility index (Phi) is 2.67. The van der Waals surface area contributed by atoms with Crippen LogP contribution in [0.3, 0.4) is 0 Å². The van der Waals surface area contributed by atoms with Crippen molar-refractivity contribution in [3.8, 4) is 0 Å². The van der Waals surface area contributed by atoms with E-state index in [-0.39, 0.29) is 17.9 Å². The number of carbonyl (C=O) groups excluding carboxylic acids is 2. The van der Waals surface area contributed by atoms with Gasteiger partial charge >= 0.3 is 0 Å². The predicted molar refractivity (Wildman–Crippen MR) is 62.3 cm³/mol. The van der Waals surface area contributed by atoms with Gasteiger partial charge in [-0.05, 0) is 25.3 Å². The van der Waals surface area contributed by atoms with Crippen molar-refractivity contribution in [1.29, 1.82) is 0 Å². The summed E-state index contributed by atoms with van der Waals surface area (Å²) in [6.45, 7) is 2.98. The number of hydrogen-bond donors (Lipinski definition) is 1. The minimum absolute atomic E-state index is 0.0198. The van der Waals surface area contributed by atoms with Crippen LogP contribution in [0, 0.1) is 5.92 Å². The molecule has 2 amide bonds. The Hall–Kier alpha value is -0.940. The topological polar surface area (TPSA) is 52.7 Å². The molecular weight excluding hydrogens is 218 g/mol. The molecule has 1 N–H and O–H groups in total. The van der Waals surface area contributed by atoms with Crippen LogP contribution in [0.4, 0.5) is 0 Å². The van der Waals surface area contributed by atoms with Gasteiger partial charge in [-0.1, -0.05) is 0 Å². The van der Waals surface area contributed by atoms with Crippen LogP contribution in [0.15, 0.2) is 0 Å². The third-order valence-electron chi connectivity index (χ3n) is 4.43. The number of hydrogen-bond acceptors (Lipinski definition) is 4. The van der Waals surface area contributed by atoms with Crippen molar-refractivity contribution in [3.05, 3.63) is 0 Å². The third kappa shape index (κ3) is 1.77. The van der Waals surface area contributed by atoms with Crippen LogP contribution in [0.2, 0.25) is 0 Å². The number of imide groups is 1. The first kappa shape index (κ1) is 11.2. The van der Waals surface area contributed by atoms with E-state index in [9.17, 15) is 9.59 Å². The zero-order valence-electron chi connectivity index (χ0n) is 10.2. The number of rotatable bonds is 1. The summed E-state index contributed by atoms with van der Waals surface area (Å²) in [6, 6.07) is 0.331. The maximum atomic E-state index is 12.0. The molecule has 0 aliphatic carbocycles. The molecule has 17 heavy (non-hydrogen) atoms. The molecule has 94 valence electrons. The summed E-state index contributed by atoms with van der Waals surface area (Å²) >= 11 is 0. The summed E-state index contributed by atoms with van der Waals surface area (Å²) in [5, 5.41) is 3.52. The molecule has 5 heteroatoms. The first-order valence-electron chi connectivity index (χ1n) is 6.44. The molecule has 3 saturated heterocycles. The number of piperidine rings is 1. The largest absolute Gasteiger partial charge is 0.312 e. The van der Waals surface area contributed by atoms with Crippen molar-refractivity contribution in [2.45, 2.75) is 31.3 Å². The highest BCUT2D eigenvalue weighted by molar-refractivity contribution is 6.05. The van der Waals surface area contributed by atoms with E-state index in [1.165, 1.54) is 17.7 Å². The number of fused-ring (bicyclic) bond motifs is 1. The van der Waals surface area contributed by atoms with Gasteiger partial charge in [0.1, 0.15) is 0 Å². The molecule has 0 aromatic heterocycles. The highest BCUT2D eigenvalue weighted by Gasteiger charge is 2.45. The predicted octanol–water partition coefficient (Wildman–Crippen LogP) is -0.572. The van der Waals surface area contributed by atoms with Crippen LogP contribution in [0.25, 0.3) is 0 Å². The van der Waals surface area contributed by atoms with Crippen LogP contribution < -0.4 is 5.32 Å². The van der Waals surface area contributed by atoms with Gasteiger partial charge in [-0.25, -0.2) is 0 Å². The van der Waals surface area contributed by atoms with E-state index >= 15 is 0 Å². The Morgan fingerprint density at radius 1 is 1.29 bits per heavy atom. The monoisotopic (exact) mass is 237 g/mol. The van der Waals surface area contributed by atoms with Gasteiger partial charge in [0.2, 0.25) is 11.8 Å². The molecule has 0 saturated carbocycles. The minimum atomic E-state index is -0.195. The average Bonchev–Trinajstić information content (AvgIpc) is 2.86. The summed E-state index contributed by atoms with van der Waals surface area (Å²) < 4.78 is 0. The molecule has 0 bridgehead atoms. The molecule has 3 fully saturated rings. The molecule has 0 radical (unpaired) electrons. The Balaban J connectivity index is 1.70. The van der Waals surface area contributed by atoms with Gasteiger partial charge < -0.3 is 5.32 Å². The lowest BCUT2D eigenvalue weighted by atomic mass is 9.94. The maximum Gasteiger partial charge on any atom is 0.246 e. The van der Waals surface area contributed by atoms with Crippen LogP contribution >= 0.6 is 0 Å². The van der Waals surface area contributed by atoms with E-state index in [0.717, 1.165) is 19.6 Å². The highest BCUT2D eigenvalue weighted by Crippen LogP contribution is 2.29. The summed E-state index contributed by atoms with van der Waals surface area (Å²) in [6.07, 6.45) is 2.85. The van der Waals surface area contributed by atoms with E-state index in [0.29, 0.717) is 18.4 Å². The van der Waals surface area contributed by atoms with Crippen LogP contribution in [-0.2, 0) is 9.59 Å². The Morgan fingerprint density at radius 2 is 2.12 bits per heavy atom. The van der Waals surface area contributed by atoms with Crippen molar-refractivity contribution >= 4 is 11.8 Å². The number of amides is 2. The van der Waals surface area contributed by atoms with Gasteiger partial charge in [-0.2, -0.15) is 0 Å². The Bertz CT molecular complexity index is 344. The first-order chi connectivity index (χ1) is 8.16. The number of likely N-dealkylation sites (tertiary alicyclic amines) is 2. The summed E-state index contributed by atoms with van der Waals surface area (Å²) in [5.74, 6) is 0.606. The minimum Gasteiger partial charge on any atom is -0.312 e. The third-order valence-corrected chi connectivity index (χ3v) is 4.43. The second kappa shape index (κ2) is 4.07. The smallest absolute Gasteiger partial charge is 0.246 e. The van der Waals surface area contributed by atoms with E-state index < -0.39 is 0 Å². The van der Waals surface area contributed by atoms with Crippen molar-refractivity contribution in [2.24, 2.45) is 5.92 Å². The van der Waals surface area contributed by atoms with Gasteiger partial charge in [-0.15, -0.1) is 0 Å². The Labute approximate surface area is 101 Å². The van der Waals surface area contributed by atoms with Gasteiger partial charge in [0.25, 0.3) is 0 Å². The zero-order chi connectivity index (χ0) is 12.0. The summed E-state index contributed by atoms with van der Waals surface area (Å²) in [4.78, 5) is 27.0. The summed E-state index contributed by atoms with van der Waals surface area (Å²) in [7, 11) is 1.59. The van der Waals surface area contributed by atoms with E-state index in [1.807, 2.05) is 0 Å². The lowest BCUT2D eigenvalue weighted by Gasteiger charge is -2.24. The molecule has 3 aliphatic rings. The molecule has 0 aromatic rings. The van der Waals surface area contributed by atoms with Gasteiger partial charge in [-0.3, -0.25) is 19.4 Å². The standard InChI is InChI=1S/C12H19N3O2/c1-14-11(16)5-10(12(14)17)15-6-8-3-2-4-13-9(8)7-15/h8-10,13H,2-7H2,1H3. The van der Waals surface area contributed by atoms with Gasteiger partial charge in [0, 0.05) is 26.2 Å². The van der Waals surface area contributed by atoms with Crippen molar-refractivity contribution in [2.75, 3.05) is 26.7 Å². The first-order valence-corrected chi connectivity index (χ1v) is 6.44. The molecule has 0 aromatic carbocycles. The van der Waals surface area contributed by atoms with Crippen LogP contribution in [0.5, 0.6) is 0 Å². The van der Waals surface area contributed by atoms with E-state index in [2.05, 4.69) is 10.2 Å². The molecule has 3 unspecified atom stereocenters. The van der Waals surface area contributed by atoms with Crippen molar-refractivity contribution < 1.29 is 9.59 Å². The second-order valence-corrected chi connectivity index (χ2v) is 5.43.